The average molecular weight is 271 g/mol. The number of ether oxygens (including phenoxy) is 1. The molecule has 0 aromatic heterocycles. The molecule has 1 aromatic rings. The summed E-state index contributed by atoms with van der Waals surface area (Å²) in [5.74, 6) is -0.835. The zero-order valence-electron chi connectivity index (χ0n) is 11.4. The van der Waals surface area contributed by atoms with E-state index >= 15 is 0 Å². The summed E-state index contributed by atoms with van der Waals surface area (Å²) in [7, 11) is 1.34. The molecule has 1 fully saturated rings. The van der Waals surface area contributed by atoms with Crippen LogP contribution in [0.1, 0.15) is 23.5 Å². The third-order valence-electron chi connectivity index (χ3n) is 4.39. The van der Waals surface area contributed by atoms with Gasteiger partial charge in [-0.25, -0.2) is 0 Å². The molecular formula is C16H17NO3. The van der Waals surface area contributed by atoms with Crippen LogP contribution in [0.15, 0.2) is 36.4 Å². The van der Waals surface area contributed by atoms with Crippen molar-refractivity contribution in [1.82, 2.24) is 5.32 Å². The Morgan fingerprint density at radius 3 is 2.95 bits per heavy atom. The maximum absolute atomic E-state index is 12.4. The van der Waals surface area contributed by atoms with Gasteiger partial charge in [-0.3, -0.25) is 9.59 Å². The number of carbonyl (C=O) groups is 2. The van der Waals surface area contributed by atoms with Crippen LogP contribution in [-0.2, 0) is 20.7 Å². The van der Waals surface area contributed by atoms with E-state index in [1.54, 1.807) is 0 Å². The number of benzene rings is 1. The van der Waals surface area contributed by atoms with Gasteiger partial charge in [-0.2, -0.15) is 0 Å². The smallest absolute Gasteiger partial charge is 0.322 e. The molecule has 1 saturated heterocycles. The second kappa shape index (κ2) is 4.78. The van der Waals surface area contributed by atoms with Crippen molar-refractivity contribution in [2.75, 3.05) is 13.7 Å². The molecule has 0 saturated carbocycles. The molecule has 104 valence electrons. The minimum atomic E-state index is -1.12. The van der Waals surface area contributed by atoms with Crippen molar-refractivity contribution >= 4 is 11.9 Å². The molecule has 0 spiro atoms. The Balaban J connectivity index is 2.19. The number of rotatable bonds is 1. The Hall–Kier alpha value is -2.10. The first-order valence-corrected chi connectivity index (χ1v) is 6.79. The number of hydrogen-bond acceptors (Lipinski definition) is 3. The van der Waals surface area contributed by atoms with Crippen LogP contribution >= 0.6 is 0 Å². The van der Waals surface area contributed by atoms with E-state index in [9.17, 15) is 9.59 Å². The molecule has 1 unspecified atom stereocenters. The monoisotopic (exact) mass is 271 g/mol. The van der Waals surface area contributed by atoms with Gasteiger partial charge in [0.25, 0.3) is 0 Å². The first kappa shape index (κ1) is 12.9. The van der Waals surface area contributed by atoms with Crippen LogP contribution in [0.2, 0.25) is 0 Å². The Kier molecular flexibility index (Phi) is 3.08. The molecule has 3 rings (SSSR count). The van der Waals surface area contributed by atoms with Crippen LogP contribution in [0.25, 0.3) is 0 Å². The maximum atomic E-state index is 12.4. The Labute approximate surface area is 117 Å². The average Bonchev–Trinajstić information content (AvgIpc) is 2.78. The van der Waals surface area contributed by atoms with E-state index in [0.29, 0.717) is 13.0 Å². The number of amides is 1. The predicted octanol–water partition coefficient (Wildman–Crippen LogP) is 1.56. The molecule has 2 aliphatic rings. The molecule has 1 heterocycles. The van der Waals surface area contributed by atoms with Crippen molar-refractivity contribution in [2.24, 2.45) is 5.41 Å². The lowest BCUT2D eigenvalue weighted by atomic mass is 9.69. The molecular weight excluding hydrogens is 254 g/mol. The normalized spacial score (nSPS) is 29.4. The molecule has 1 aliphatic carbocycles. The molecule has 20 heavy (non-hydrogen) atoms. The Morgan fingerprint density at radius 1 is 1.35 bits per heavy atom. The van der Waals surface area contributed by atoms with Gasteiger partial charge >= 0.3 is 5.97 Å². The zero-order valence-corrected chi connectivity index (χ0v) is 11.4. The summed E-state index contributed by atoms with van der Waals surface area (Å²) in [5, 5.41) is 2.84. The number of hydrogen-bond donors (Lipinski definition) is 1. The molecule has 4 heteroatoms. The van der Waals surface area contributed by atoms with E-state index in [-0.39, 0.29) is 11.8 Å². The summed E-state index contributed by atoms with van der Waals surface area (Å²) in [5.41, 5.74) is 1.11. The van der Waals surface area contributed by atoms with Crippen LogP contribution < -0.4 is 5.32 Å². The predicted molar refractivity (Wildman–Crippen MR) is 74.1 cm³/mol. The summed E-state index contributed by atoms with van der Waals surface area (Å²) in [6.45, 7) is 0.485. The van der Waals surface area contributed by atoms with Crippen LogP contribution in [0, 0.1) is 5.41 Å². The van der Waals surface area contributed by atoms with Crippen LogP contribution in [0.3, 0.4) is 0 Å². The molecule has 4 nitrogen and oxygen atoms in total. The minimum Gasteiger partial charge on any atom is -0.468 e. The third-order valence-corrected chi connectivity index (χ3v) is 4.39. The van der Waals surface area contributed by atoms with Gasteiger partial charge < -0.3 is 10.1 Å². The summed E-state index contributed by atoms with van der Waals surface area (Å²) < 4.78 is 4.94. The van der Waals surface area contributed by atoms with E-state index in [0.717, 1.165) is 12.0 Å². The van der Waals surface area contributed by atoms with Crippen molar-refractivity contribution in [3.8, 4) is 0 Å². The van der Waals surface area contributed by atoms with E-state index in [2.05, 4.69) is 11.4 Å². The third kappa shape index (κ3) is 1.68. The highest BCUT2D eigenvalue weighted by atomic mass is 16.5. The van der Waals surface area contributed by atoms with Crippen molar-refractivity contribution in [1.29, 1.82) is 0 Å². The van der Waals surface area contributed by atoms with Gasteiger partial charge in [0.15, 0.2) is 5.41 Å². The number of nitrogens with one attached hydrogen (secondary N) is 1. The number of methoxy groups -OCH3 is 1. The van der Waals surface area contributed by atoms with E-state index in [1.165, 1.54) is 12.7 Å². The fourth-order valence-electron chi connectivity index (χ4n) is 3.34. The lowest BCUT2D eigenvalue weighted by molar-refractivity contribution is -0.157. The topological polar surface area (TPSA) is 55.4 Å². The SMILES string of the molecule is COC(=O)C12C/C=C\Cc3ccccc3[C@@H]1CNC2=O. The van der Waals surface area contributed by atoms with Gasteiger partial charge in [0.2, 0.25) is 5.91 Å². The highest BCUT2D eigenvalue weighted by Gasteiger charge is 2.57. The lowest BCUT2D eigenvalue weighted by Gasteiger charge is -2.31. The van der Waals surface area contributed by atoms with Gasteiger partial charge in [0, 0.05) is 12.5 Å². The molecule has 1 N–H and O–H groups in total. The highest BCUT2D eigenvalue weighted by molar-refractivity contribution is 6.06. The molecule has 0 radical (unpaired) electrons. The number of carbonyl (C=O) groups excluding carboxylic acids is 2. The van der Waals surface area contributed by atoms with E-state index in [4.69, 9.17) is 4.74 Å². The Morgan fingerprint density at radius 2 is 2.15 bits per heavy atom. The molecule has 1 aliphatic heterocycles. The second-order valence-electron chi connectivity index (χ2n) is 5.30. The van der Waals surface area contributed by atoms with E-state index < -0.39 is 11.4 Å². The highest BCUT2D eigenvalue weighted by Crippen LogP contribution is 2.46. The van der Waals surface area contributed by atoms with E-state index in [1.807, 2.05) is 30.4 Å². The van der Waals surface area contributed by atoms with Crippen molar-refractivity contribution in [2.45, 2.75) is 18.8 Å². The van der Waals surface area contributed by atoms with Crippen LogP contribution in [-0.4, -0.2) is 25.5 Å². The van der Waals surface area contributed by atoms with Gasteiger partial charge in [-0.15, -0.1) is 0 Å². The number of allylic oxidation sites excluding steroid dienone is 2. The van der Waals surface area contributed by atoms with Crippen molar-refractivity contribution < 1.29 is 14.3 Å². The summed E-state index contributed by atoms with van der Waals surface area (Å²) in [6, 6.07) is 8.00. The molecule has 1 aromatic carbocycles. The van der Waals surface area contributed by atoms with Gasteiger partial charge in [0.05, 0.1) is 7.11 Å². The molecule has 2 atom stereocenters. The number of fused-ring (bicyclic) bond motifs is 3. The maximum Gasteiger partial charge on any atom is 0.322 e. The van der Waals surface area contributed by atoms with Gasteiger partial charge in [0.1, 0.15) is 0 Å². The standard InChI is InChI=1S/C16H17NO3/c1-20-15(19)16-9-5-4-7-11-6-2-3-8-12(11)13(16)10-17-14(16)18/h2-6,8,13H,7,9-10H2,1H3,(H,17,18)/b5-4-/t13-,16?/m0/s1. The van der Waals surface area contributed by atoms with Crippen molar-refractivity contribution in [3.05, 3.63) is 47.5 Å². The minimum absolute atomic E-state index is 0.163. The van der Waals surface area contributed by atoms with Crippen LogP contribution in [0.4, 0.5) is 0 Å². The van der Waals surface area contributed by atoms with Gasteiger partial charge in [-0.05, 0) is 24.0 Å². The summed E-state index contributed by atoms with van der Waals surface area (Å²) >= 11 is 0. The lowest BCUT2D eigenvalue weighted by Crippen LogP contribution is -2.43. The fourth-order valence-corrected chi connectivity index (χ4v) is 3.34. The zero-order chi connectivity index (χ0) is 14.2. The molecule has 1 amide bonds. The largest absolute Gasteiger partial charge is 0.468 e. The second-order valence-corrected chi connectivity index (χ2v) is 5.30. The first-order chi connectivity index (χ1) is 9.70. The molecule has 0 bridgehead atoms. The fraction of sp³-hybridized carbons (Fsp3) is 0.375. The van der Waals surface area contributed by atoms with Crippen LogP contribution in [0.5, 0.6) is 0 Å². The van der Waals surface area contributed by atoms with Crippen molar-refractivity contribution in [3.63, 3.8) is 0 Å². The number of esters is 1. The summed E-state index contributed by atoms with van der Waals surface area (Å²) in [4.78, 5) is 24.7. The Bertz CT molecular complexity index is 593. The first-order valence-electron chi connectivity index (χ1n) is 6.79. The summed E-state index contributed by atoms with van der Waals surface area (Å²) in [6.07, 6.45) is 5.17. The van der Waals surface area contributed by atoms with Gasteiger partial charge in [-0.1, -0.05) is 36.4 Å². The quantitative estimate of drug-likeness (QED) is 0.479.